The van der Waals surface area contributed by atoms with Crippen LogP contribution >= 0.6 is 0 Å². The summed E-state index contributed by atoms with van der Waals surface area (Å²) in [5.41, 5.74) is 3.80. The van der Waals surface area contributed by atoms with Crippen LogP contribution in [0.15, 0.2) is 91.5 Å². The van der Waals surface area contributed by atoms with Crippen LogP contribution in [0, 0.1) is 0 Å². The number of pyridine rings is 2. The van der Waals surface area contributed by atoms with E-state index in [0.29, 0.717) is 0 Å². The van der Waals surface area contributed by atoms with E-state index in [0.717, 1.165) is 6.54 Å². The summed E-state index contributed by atoms with van der Waals surface area (Å²) >= 11 is 0. The van der Waals surface area contributed by atoms with Gasteiger partial charge in [-0.05, 0) is 28.0 Å². The smallest absolute Gasteiger partial charge is 0.173 e. The van der Waals surface area contributed by atoms with Crippen LogP contribution < -0.4 is 9.13 Å². The van der Waals surface area contributed by atoms with Gasteiger partial charge >= 0.3 is 0 Å². The Morgan fingerprint density at radius 1 is 0.667 bits per heavy atom. The van der Waals surface area contributed by atoms with Crippen molar-refractivity contribution in [2.75, 3.05) is 0 Å². The van der Waals surface area contributed by atoms with Gasteiger partial charge in [0.15, 0.2) is 31.3 Å². The molecule has 0 fully saturated rings. The van der Waals surface area contributed by atoms with Gasteiger partial charge in [-0.15, -0.1) is 0 Å². The van der Waals surface area contributed by atoms with Crippen molar-refractivity contribution >= 4 is 10.8 Å². The SMILES string of the molecule is C[n+]1ccc(-c2cc[n+](Cc3ccc4ccccc4c3)cc2)cc1. The lowest BCUT2D eigenvalue weighted by atomic mass is 10.1. The minimum Gasteiger partial charge on any atom is -0.208 e. The van der Waals surface area contributed by atoms with Crippen molar-refractivity contribution in [3.05, 3.63) is 97.1 Å². The molecule has 4 aromatic rings. The van der Waals surface area contributed by atoms with E-state index < -0.39 is 0 Å². The van der Waals surface area contributed by atoms with Gasteiger partial charge in [0.1, 0.15) is 7.05 Å². The Hall–Kier alpha value is -3.00. The Morgan fingerprint density at radius 3 is 2.00 bits per heavy atom. The second-order valence-corrected chi connectivity index (χ2v) is 6.19. The second kappa shape index (κ2) is 6.25. The lowest BCUT2D eigenvalue weighted by molar-refractivity contribution is -0.688. The van der Waals surface area contributed by atoms with Crippen LogP contribution in [-0.2, 0) is 13.6 Å². The third kappa shape index (κ3) is 3.04. The highest BCUT2D eigenvalue weighted by molar-refractivity contribution is 5.82. The Bertz CT molecular complexity index is 971. The molecule has 0 aliphatic carbocycles. The summed E-state index contributed by atoms with van der Waals surface area (Å²) in [6.07, 6.45) is 8.45. The van der Waals surface area contributed by atoms with Crippen LogP contribution in [0.3, 0.4) is 0 Å². The van der Waals surface area contributed by atoms with Crippen LogP contribution in [-0.4, -0.2) is 0 Å². The zero-order chi connectivity index (χ0) is 16.4. The van der Waals surface area contributed by atoms with Crippen LogP contribution in [0.2, 0.25) is 0 Å². The van der Waals surface area contributed by atoms with E-state index in [-0.39, 0.29) is 0 Å². The summed E-state index contributed by atoms with van der Waals surface area (Å²) in [4.78, 5) is 0. The second-order valence-electron chi connectivity index (χ2n) is 6.19. The molecular formula is C22H20N2+2. The first-order valence-electron chi connectivity index (χ1n) is 8.20. The highest BCUT2D eigenvalue weighted by Gasteiger charge is 2.06. The predicted octanol–water partition coefficient (Wildman–Crippen LogP) is 3.67. The molecule has 24 heavy (non-hydrogen) atoms. The van der Waals surface area contributed by atoms with E-state index in [2.05, 4.69) is 96.1 Å². The molecule has 0 radical (unpaired) electrons. The van der Waals surface area contributed by atoms with Crippen molar-refractivity contribution < 1.29 is 9.13 Å². The Balaban J connectivity index is 1.57. The van der Waals surface area contributed by atoms with E-state index in [1.54, 1.807) is 0 Å². The van der Waals surface area contributed by atoms with E-state index >= 15 is 0 Å². The third-order valence-corrected chi connectivity index (χ3v) is 4.38. The standard InChI is InChI=1S/C22H20N2/c1-23-12-8-20(9-13-23)21-10-14-24(15-11-21)17-18-6-7-19-4-2-3-5-22(19)16-18/h2-16H,17H2,1H3/q+2. The quantitative estimate of drug-likeness (QED) is 0.510. The molecule has 0 spiro atoms. The van der Waals surface area contributed by atoms with Crippen molar-refractivity contribution in [1.29, 1.82) is 0 Å². The molecule has 0 amide bonds. The largest absolute Gasteiger partial charge is 0.208 e. The van der Waals surface area contributed by atoms with Gasteiger partial charge in [0.25, 0.3) is 0 Å². The summed E-state index contributed by atoms with van der Waals surface area (Å²) in [7, 11) is 2.03. The zero-order valence-electron chi connectivity index (χ0n) is 13.8. The molecule has 0 aliphatic heterocycles. The number of hydrogen-bond donors (Lipinski definition) is 0. The van der Waals surface area contributed by atoms with Gasteiger partial charge in [-0.25, -0.2) is 9.13 Å². The Morgan fingerprint density at radius 2 is 1.29 bits per heavy atom. The van der Waals surface area contributed by atoms with E-state index in [9.17, 15) is 0 Å². The first-order chi connectivity index (χ1) is 11.8. The Kier molecular flexibility index (Phi) is 3.80. The van der Waals surface area contributed by atoms with Crippen LogP contribution in [0.4, 0.5) is 0 Å². The van der Waals surface area contributed by atoms with Gasteiger partial charge in [-0.3, -0.25) is 0 Å². The molecule has 0 atom stereocenters. The lowest BCUT2D eigenvalue weighted by Gasteiger charge is -2.03. The molecule has 0 aliphatic rings. The fourth-order valence-corrected chi connectivity index (χ4v) is 3.00. The normalized spacial score (nSPS) is 10.9. The summed E-state index contributed by atoms with van der Waals surface area (Å²) in [6, 6.07) is 23.8. The summed E-state index contributed by atoms with van der Waals surface area (Å²) in [5.74, 6) is 0. The minimum atomic E-state index is 0.884. The van der Waals surface area contributed by atoms with Crippen molar-refractivity contribution in [2.24, 2.45) is 7.05 Å². The monoisotopic (exact) mass is 312 g/mol. The first kappa shape index (κ1) is 14.6. The summed E-state index contributed by atoms with van der Waals surface area (Å²) in [5, 5.41) is 2.59. The van der Waals surface area contributed by atoms with Gasteiger partial charge in [-0.1, -0.05) is 36.4 Å². The average Bonchev–Trinajstić information content (AvgIpc) is 2.63. The molecule has 2 heteroatoms. The van der Waals surface area contributed by atoms with Crippen molar-refractivity contribution in [3.8, 4) is 11.1 Å². The number of aromatic nitrogens is 2. The fourth-order valence-electron chi connectivity index (χ4n) is 3.00. The molecular weight excluding hydrogens is 292 g/mol. The molecule has 2 nitrogen and oxygen atoms in total. The van der Waals surface area contributed by atoms with Gasteiger partial charge in [-0.2, -0.15) is 0 Å². The molecule has 0 unspecified atom stereocenters. The number of hydrogen-bond acceptors (Lipinski definition) is 0. The van der Waals surface area contributed by atoms with Gasteiger partial charge in [0.2, 0.25) is 0 Å². The van der Waals surface area contributed by atoms with E-state index in [4.69, 9.17) is 0 Å². The number of rotatable bonds is 3. The van der Waals surface area contributed by atoms with Gasteiger partial charge in [0, 0.05) is 29.8 Å². The Labute approximate surface area is 142 Å². The maximum absolute atomic E-state index is 2.27. The number of benzene rings is 2. The summed E-state index contributed by atoms with van der Waals surface area (Å²) in [6.45, 7) is 0.884. The number of aryl methyl sites for hydroxylation is 1. The van der Waals surface area contributed by atoms with Gasteiger partial charge in [0.05, 0.1) is 0 Å². The molecule has 0 N–H and O–H groups in total. The third-order valence-electron chi connectivity index (χ3n) is 4.38. The molecule has 2 aromatic heterocycles. The maximum atomic E-state index is 2.27. The summed E-state index contributed by atoms with van der Waals surface area (Å²) < 4.78 is 4.27. The molecule has 2 heterocycles. The van der Waals surface area contributed by atoms with Crippen LogP contribution in [0.1, 0.15) is 5.56 Å². The molecule has 116 valence electrons. The van der Waals surface area contributed by atoms with E-state index in [1.807, 2.05) is 11.6 Å². The van der Waals surface area contributed by atoms with Crippen molar-refractivity contribution in [2.45, 2.75) is 6.54 Å². The minimum absolute atomic E-state index is 0.884. The van der Waals surface area contributed by atoms with Crippen LogP contribution in [0.5, 0.6) is 0 Å². The van der Waals surface area contributed by atoms with Gasteiger partial charge < -0.3 is 0 Å². The lowest BCUT2D eigenvalue weighted by Crippen LogP contribution is -2.33. The van der Waals surface area contributed by atoms with Crippen LogP contribution in [0.25, 0.3) is 21.9 Å². The zero-order valence-corrected chi connectivity index (χ0v) is 13.8. The molecule has 0 bridgehead atoms. The fraction of sp³-hybridized carbons (Fsp3) is 0.0909. The number of nitrogens with zero attached hydrogens (tertiary/aromatic N) is 2. The first-order valence-corrected chi connectivity index (χ1v) is 8.20. The highest BCUT2D eigenvalue weighted by Crippen LogP contribution is 2.17. The predicted molar refractivity (Wildman–Crippen MR) is 96.3 cm³/mol. The topological polar surface area (TPSA) is 7.76 Å². The molecule has 2 aromatic carbocycles. The highest BCUT2D eigenvalue weighted by atomic mass is 14.9. The van der Waals surface area contributed by atoms with Crippen molar-refractivity contribution in [1.82, 2.24) is 0 Å². The molecule has 0 saturated heterocycles. The van der Waals surface area contributed by atoms with E-state index in [1.165, 1.54) is 27.5 Å². The van der Waals surface area contributed by atoms with Crippen molar-refractivity contribution in [3.63, 3.8) is 0 Å². The molecule has 0 saturated carbocycles. The average molecular weight is 312 g/mol. The maximum Gasteiger partial charge on any atom is 0.173 e. The molecule has 4 rings (SSSR count). The number of fused-ring (bicyclic) bond motifs is 1.